The molecule has 2 rings (SSSR count). The average molecular weight is 274 g/mol. The van der Waals surface area contributed by atoms with Gasteiger partial charge in [0, 0.05) is 12.4 Å². The second kappa shape index (κ2) is 5.00. The summed E-state index contributed by atoms with van der Waals surface area (Å²) in [5, 5.41) is 10.4. The molecule has 0 radical (unpaired) electrons. The summed E-state index contributed by atoms with van der Waals surface area (Å²) in [5.74, 6) is 0. The van der Waals surface area contributed by atoms with E-state index in [0.717, 1.165) is 9.69 Å². The number of hydrogen-bond donors (Lipinski definition) is 0. The second-order valence-corrected chi connectivity index (χ2v) is 6.27. The molecule has 0 bridgehead atoms. The van der Waals surface area contributed by atoms with E-state index >= 15 is 0 Å². The Morgan fingerprint density at radius 3 is 2.47 bits per heavy atom. The Bertz CT molecular complexity index is 742. The molecule has 1 atom stereocenters. The molecule has 0 aliphatic heterocycles. The van der Waals surface area contributed by atoms with Gasteiger partial charge in [0.15, 0.2) is 0 Å². The lowest BCUT2D eigenvalue weighted by atomic mass is 10.1. The minimum Gasteiger partial charge on any atom is -0.207 e. The highest BCUT2D eigenvalue weighted by Crippen LogP contribution is 2.25. The van der Waals surface area contributed by atoms with E-state index in [2.05, 4.69) is 0 Å². The number of nitrogens with zero attached hydrogens (tertiary/aromatic N) is 2. The average Bonchev–Trinajstić information content (AvgIpc) is 2.44. The van der Waals surface area contributed by atoms with E-state index in [1.165, 1.54) is 7.05 Å². The third-order valence-corrected chi connectivity index (χ3v) is 5.13. The van der Waals surface area contributed by atoms with E-state index in [4.69, 9.17) is 5.26 Å². The standard InChI is InChI=1S/C14H14N2O2S/c1-11(10-15)16(2)19(17,18)14-9-5-7-12-6-3-4-8-13(12)14/h3-9,11H,1-2H3. The normalized spacial score (nSPS) is 13.4. The van der Waals surface area contributed by atoms with Crippen molar-refractivity contribution in [2.24, 2.45) is 0 Å². The third kappa shape index (κ3) is 2.33. The zero-order valence-electron chi connectivity index (χ0n) is 10.7. The summed E-state index contributed by atoms with van der Waals surface area (Å²) in [5.41, 5.74) is 0. The Labute approximate surface area is 112 Å². The Balaban J connectivity index is 2.65. The Hall–Kier alpha value is -1.90. The van der Waals surface area contributed by atoms with Gasteiger partial charge in [-0.1, -0.05) is 36.4 Å². The van der Waals surface area contributed by atoms with E-state index in [-0.39, 0.29) is 4.90 Å². The van der Waals surface area contributed by atoms with Crippen molar-refractivity contribution < 1.29 is 8.42 Å². The Kier molecular flexibility index (Phi) is 3.56. The number of nitriles is 1. The quantitative estimate of drug-likeness (QED) is 0.863. The van der Waals surface area contributed by atoms with Crippen molar-refractivity contribution in [1.82, 2.24) is 4.31 Å². The smallest absolute Gasteiger partial charge is 0.207 e. The number of rotatable bonds is 3. The highest BCUT2D eigenvalue weighted by atomic mass is 32.2. The molecule has 0 heterocycles. The van der Waals surface area contributed by atoms with Crippen LogP contribution in [0.15, 0.2) is 47.4 Å². The molecule has 98 valence electrons. The van der Waals surface area contributed by atoms with Crippen LogP contribution in [0, 0.1) is 11.3 Å². The van der Waals surface area contributed by atoms with Gasteiger partial charge < -0.3 is 0 Å². The van der Waals surface area contributed by atoms with Crippen LogP contribution in [0.1, 0.15) is 6.92 Å². The highest BCUT2D eigenvalue weighted by Gasteiger charge is 2.26. The fraction of sp³-hybridized carbons (Fsp3) is 0.214. The number of hydrogen-bond acceptors (Lipinski definition) is 3. The third-order valence-electron chi connectivity index (χ3n) is 3.14. The molecule has 0 aliphatic carbocycles. The second-order valence-electron chi connectivity index (χ2n) is 4.30. The first-order valence-corrected chi connectivity index (χ1v) is 7.28. The van der Waals surface area contributed by atoms with Gasteiger partial charge in [-0.2, -0.15) is 9.57 Å². The van der Waals surface area contributed by atoms with Gasteiger partial charge >= 0.3 is 0 Å². The van der Waals surface area contributed by atoms with Crippen LogP contribution in [0.5, 0.6) is 0 Å². The number of benzene rings is 2. The fourth-order valence-electron chi connectivity index (χ4n) is 1.87. The molecule has 0 N–H and O–H groups in total. The van der Waals surface area contributed by atoms with Gasteiger partial charge in [0.25, 0.3) is 0 Å². The van der Waals surface area contributed by atoms with E-state index in [1.807, 2.05) is 24.3 Å². The summed E-state index contributed by atoms with van der Waals surface area (Å²) in [4.78, 5) is 0.232. The molecule has 0 saturated heterocycles. The molecule has 5 heteroatoms. The molecular formula is C14H14N2O2S. The van der Waals surface area contributed by atoms with Crippen LogP contribution in [0.25, 0.3) is 10.8 Å². The molecule has 1 unspecified atom stereocenters. The summed E-state index contributed by atoms with van der Waals surface area (Å²) in [6, 6.07) is 13.7. The largest absolute Gasteiger partial charge is 0.244 e. The molecule has 19 heavy (non-hydrogen) atoms. The maximum Gasteiger partial charge on any atom is 0.244 e. The predicted octanol–water partition coefficient (Wildman–Crippen LogP) is 2.37. The Morgan fingerprint density at radius 2 is 1.79 bits per heavy atom. The molecule has 2 aromatic carbocycles. The van der Waals surface area contributed by atoms with E-state index < -0.39 is 16.1 Å². The van der Waals surface area contributed by atoms with Gasteiger partial charge in [-0.05, 0) is 18.4 Å². The number of sulfonamides is 1. The van der Waals surface area contributed by atoms with Crippen LogP contribution >= 0.6 is 0 Å². The van der Waals surface area contributed by atoms with Gasteiger partial charge in [0.1, 0.15) is 6.04 Å². The van der Waals surface area contributed by atoms with Crippen LogP contribution in [-0.4, -0.2) is 25.8 Å². The summed E-state index contributed by atoms with van der Waals surface area (Å²) < 4.78 is 26.1. The van der Waals surface area contributed by atoms with Crippen molar-refractivity contribution in [2.45, 2.75) is 17.9 Å². The summed E-state index contributed by atoms with van der Waals surface area (Å²) >= 11 is 0. The van der Waals surface area contributed by atoms with Crippen LogP contribution < -0.4 is 0 Å². The Morgan fingerprint density at radius 1 is 1.16 bits per heavy atom. The summed E-state index contributed by atoms with van der Waals surface area (Å²) in [6.45, 7) is 1.56. The van der Waals surface area contributed by atoms with E-state index in [0.29, 0.717) is 5.39 Å². The molecule has 0 fully saturated rings. The van der Waals surface area contributed by atoms with Crippen LogP contribution in [-0.2, 0) is 10.0 Å². The molecule has 0 spiro atoms. The highest BCUT2D eigenvalue weighted by molar-refractivity contribution is 7.89. The zero-order chi connectivity index (χ0) is 14.0. The lowest BCUT2D eigenvalue weighted by Crippen LogP contribution is -2.34. The van der Waals surface area contributed by atoms with Crippen molar-refractivity contribution in [2.75, 3.05) is 7.05 Å². The minimum absolute atomic E-state index is 0.232. The van der Waals surface area contributed by atoms with Gasteiger partial charge in [-0.3, -0.25) is 0 Å². The lowest BCUT2D eigenvalue weighted by Gasteiger charge is -2.20. The summed E-state index contributed by atoms with van der Waals surface area (Å²) in [7, 11) is -2.24. The van der Waals surface area contributed by atoms with Gasteiger partial charge in [0.2, 0.25) is 10.0 Å². The fourth-order valence-corrected chi connectivity index (χ4v) is 3.35. The molecule has 0 aliphatic rings. The van der Waals surface area contributed by atoms with E-state index in [9.17, 15) is 8.42 Å². The van der Waals surface area contributed by atoms with Crippen molar-refractivity contribution in [1.29, 1.82) is 5.26 Å². The first-order chi connectivity index (χ1) is 8.98. The predicted molar refractivity (Wildman–Crippen MR) is 74.0 cm³/mol. The van der Waals surface area contributed by atoms with Crippen LogP contribution in [0.4, 0.5) is 0 Å². The first-order valence-electron chi connectivity index (χ1n) is 5.84. The molecule has 4 nitrogen and oxygen atoms in total. The van der Waals surface area contributed by atoms with Crippen molar-refractivity contribution in [3.8, 4) is 6.07 Å². The van der Waals surface area contributed by atoms with Gasteiger partial charge in [-0.15, -0.1) is 0 Å². The topological polar surface area (TPSA) is 61.2 Å². The minimum atomic E-state index is -3.67. The SMILES string of the molecule is CC(C#N)N(C)S(=O)(=O)c1cccc2ccccc12. The van der Waals surface area contributed by atoms with Crippen molar-refractivity contribution >= 4 is 20.8 Å². The van der Waals surface area contributed by atoms with Gasteiger partial charge in [-0.25, -0.2) is 8.42 Å². The van der Waals surface area contributed by atoms with Crippen molar-refractivity contribution in [3.05, 3.63) is 42.5 Å². The maximum absolute atomic E-state index is 12.5. The molecule has 0 aromatic heterocycles. The molecule has 0 saturated carbocycles. The maximum atomic E-state index is 12.5. The lowest BCUT2D eigenvalue weighted by molar-refractivity contribution is 0.442. The first kappa shape index (κ1) is 13.5. The molecule has 2 aromatic rings. The zero-order valence-corrected chi connectivity index (χ0v) is 11.6. The van der Waals surface area contributed by atoms with Gasteiger partial charge in [0.05, 0.1) is 11.0 Å². The van der Waals surface area contributed by atoms with Crippen molar-refractivity contribution in [3.63, 3.8) is 0 Å². The molecular weight excluding hydrogens is 260 g/mol. The molecule has 0 amide bonds. The van der Waals surface area contributed by atoms with Crippen LogP contribution in [0.2, 0.25) is 0 Å². The van der Waals surface area contributed by atoms with E-state index in [1.54, 1.807) is 31.2 Å². The summed E-state index contributed by atoms with van der Waals surface area (Å²) in [6.07, 6.45) is 0. The monoisotopic (exact) mass is 274 g/mol. The number of fused-ring (bicyclic) bond motifs is 1. The van der Waals surface area contributed by atoms with Crippen LogP contribution in [0.3, 0.4) is 0 Å².